The normalized spacial score (nSPS) is 10.1. The van der Waals surface area contributed by atoms with Gasteiger partial charge in [0.15, 0.2) is 0 Å². The van der Waals surface area contributed by atoms with Crippen LogP contribution in [0.15, 0.2) is 18.2 Å². The van der Waals surface area contributed by atoms with E-state index >= 15 is 0 Å². The molecule has 1 aromatic carbocycles. The molecule has 17 heavy (non-hydrogen) atoms. The van der Waals surface area contributed by atoms with Crippen LogP contribution in [-0.2, 0) is 4.74 Å². The van der Waals surface area contributed by atoms with Gasteiger partial charge in [-0.15, -0.1) is 0 Å². The van der Waals surface area contributed by atoms with Gasteiger partial charge in [-0.2, -0.15) is 0 Å². The molecule has 1 amide bonds. The van der Waals surface area contributed by atoms with E-state index in [1.807, 2.05) is 39.1 Å². The lowest BCUT2D eigenvalue weighted by Gasteiger charge is -2.10. The quantitative estimate of drug-likeness (QED) is 0.741. The summed E-state index contributed by atoms with van der Waals surface area (Å²) in [6.07, 6.45) is 0. The second kappa shape index (κ2) is 6.91. The Balaban J connectivity index is 2.64. The highest BCUT2D eigenvalue weighted by atomic mass is 16.5. The zero-order chi connectivity index (χ0) is 12.7. The molecule has 2 N–H and O–H groups in total. The summed E-state index contributed by atoms with van der Waals surface area (Å²) in [5, 5.41) is 5.84. The summed E-state index contributed by atoms with van der Waals surface area (Å²) in [5.41, 5.74) is 2.58. The number of carbonyl (C=O) groups excluding carboxylic acids is 1. The molecule has 0 saturated heterocycles. The van der Waals surface area contributed by atoms with E-state index in [0.717, 1.165) is 11.3 Å². The minimum absolute atomic E-state index is 0.0715. The predicted octanol–water partition coefficient (Wildman–Crippen LogP) is 1.80. The Labute approximate surface area is 102 Å². The molecule has 0 aromatic heterocycles. The summed E-state index contributed by atoms with van der Waals surface area (Å²) in [5.74, 6) is -0.0715. The van der Waals surface area contributed by atoms with Gasteiger partial charge in [0.25, 0.3) is 5.91 Å². The number of benzene rings is 1. The number of anilines is 1. The summed E-state index contributed by atoms with van der Waals surface area (Å²) >= 11 is 0. The number of ether oxygens (including phenoxy) is 1. The van der Waals surface area contributed by atoms with Crippen LogP contribution in [0, 0.1) is 6.92 Å². The molecule has 0 spiro atoms. The van der Waals surface area contributed by atoms with Crippen molar-refractivity contribution in [2.24, 2.45) is 0 Å². The first kappa shape index (κ1) is 13.5. The number of carbonyl (C=O) groups is 1. The van der Waals surface area contributed by atoms with Crippen molar-refractivity contribution in [1.29, 1.82) is 0 Å². The van der Waals surface area contributed by atoms with Crippen LogP contribution in [0.25, 0.3) is 0 Å². The van der Waals surface area contributed by atoms with Crippen LogP contribution in [0.3, 0.4) is 0 Å². The molecule has 0 saturated carbocycles. The van der Waals surface area contributed by atoms with E-state index in [4.69, 9.17) is 4.74 Å². The molecule has 0 fully saturated rings. The molecule has 4 heteroatoms. The highest BCUT2D eigenvalue weighted by Crippen LogP contribution is 2.16. The first-order chi connectivity index (χ1) is 8.19. The van der Waals surface area contributed by atoms with Crippen LogP contribution < -0.4 is 10.6 Å². The average Bonchev–Trinajstić information content (AvgIpc) is 2.34. The van der Waals surface area contributed by atoms with Crippen molar-refractivity contribution in [3.63, 3.8) is 0 Å². The van der Waals surface area contributed by atoms with Gasteiger partial charge in [0.05, 0.1) is 12.2 Å². The average molecular weight is 236 g/mol. The maximum Gasteiger partial charge on any atom is 0.253 e. The second-order valence-electron chi connectivity index (χ2n) is 3.75. The number of hydrogen-bond donors (Lipinski definition) is 2. The first-order valence-corrected chi connectivity index (χ1v) is 5.83. The van der Waals surface area contributed by atoms with E-state index in [0.29, 0.717) is 25.3 Å². The zero-order valence-corrected chi connectivity index (χ0v) is 10.7. The molecule has 0 unspecified atom stereocenters. The molecule has 1 rings (SSSR count). The lowest BCUT2D eigenvalue weighted by molar-refractivity contribution is 0.0923. The summed E-state index contributed by atoms with van der Waals surface area (Å²) in [6.45, 7) is 5.65. The van der Waals surface area contributed by atoms with Crippen LogP contribution in [0.4, 0.5) is 5.69 Å². The molecule has 0 aliphatic rings. The maximum atomic E-state index is 11.9. The molecular weight excluding hydrogens is 216 g/mol. The van der Waals surface area contributed by atoms with Gasteiger partial charge in [0.1, 0.15) is 0 Å². The minimum Gasteiger partial charge on any atom is -0.387 e. The molecule has 0 aliphatic heterocycles. The highest BCUT2D eigenvalue weighted by Gasteiger charge is 2.09. The van der Waals surface area contributed by atoms with Gasteiger partial charge in [-0.05, 0) is 26.0 Å². The third-order valence-corrected chi connectivity index (χ3v) is 2.43. The van der Waals surface area contributed by atoms with Crippen molar-refractivity contribution < 1.29 is 9.53 Å². The predicted molar refractivity (Wildman–Crippen MR) is 69.6 cm³/mol. The third-order valence-electron chi connectivity index (χ3n) is 2.43. The van der Waals surface area contributed by atoms with Gasteiger partial charge in [-0.25, -0.2) is 0 Å². The fourth-order valence-electron chi connectivity index (χ4n) is 1.54. The Bertz CT molecular complexity index is 378. The number of amides is 1. The molecule has 0 atom stereocenters. The van der Waals surface area contributed by atoms with Crippen LogP contribution >= 0.6 is 0 Å². The number of rotatable bonds is 6. The minimum atomic E-state index is -0.0715. The van der Waals surface area contributed by atoms with Crippen molar-refractivity contribution in [3.8, 4) is 0 Å². The SMILES string of the molecule is CCOCCNC(=O)c1cc(C)ccc1NC. The lowest BCUT2D eigenvalue weighted by Crippen LogP contribution is -2.28. The smallest absolute Gasteiger partial charge is 0.253 e. The fraction of sp³-hybridized carbons (Fsp3) is 0.462. The number of aryl methyl sites for hydroxylation is 1. The zero-order valence-electron chi connectivity index (χ0n) is 10.7. The van der Waals surface area contributed by atoms with Crippen LogP contribution in [-0.4, -0.2) is 32.7 Å². The van der Waals surface area contributed by atoms with Crippen molar-refractivity contribution in [2.45, 2.75) is 13.8 Å². The van der Waals surface area contributed by atoms with Gasteiger partial charge in [-0.1, -0.05) is 11.6 Å². The Morgan fingerprint density at radius 3 is 2.82 bits per heavy atom. The van der Waals surface area contributed by atoms with Crippen LogP contribution in [0.2, 0.25) is 0 Å². The third kappa shape index (κ3) is 4.07. The topological polar surface area (TPSA) is 50.4 Å². The Morgan fingerprint density at radius 2 is 2.18 bits per heavy atom. The first-order valence-electron chi connectivity index (χ1n) is 5.83. The van der Waals surface area contributed by atoms with Gasteiger partial charge >= 0.3 is 0 Å². The highest BCUT2D eigenvalue weighted by molar-refractivity contribution is 5.99. The van der Waals surface area contributed by atoms with Gasteiger partial charge in [0.2, 0.25) is 0 Å². The molecule has 1 aromatic rings. The fourth-order valence-corrected chi connectivity index (χ4v) is 1.54. The molecule has 0 radical (unpaired) electrons. The molecular formula is C13H20N2O2. The van der Waals surface area contributed by atoms with E-state index in [1.165, 1.54) is 0 Å². The van der Waals surface area contributed by atoms with Gasteiger partial charge in [0, 0.05) is 25.9 Å². The Hall–Kier alpha value is -1.55. The molecule has 0 heterocycles. The lowest BCUT2D eigenvalue weighted by atomic mass is 10.1. The van der Waals surface area contributed by atoms with Crippen molar-refractivity contribution >= 4 is 11.6 Å². The summed E-state index contributed by atoms with van der Waals surface area (Å²) < 4.78 is 5.17. The summed E-state index contributed by atoms with van der Waals surface area (Å²) in [7, 11) is 1.81. The molecule has 4 nitrogen and oxygen atoms in total. The van der Waals surface area contributed by atoms with Gasteiger partial charge in [-0.3, -0.25) is 4.79 Å². The standard InChI is InChI=1S/C13H20N2O2/c1-4-17-8-7-15-13(16)11-9-10(2)5-6-12(11)14-3/h5-6,9,14H,4,7-8H2,1-3H3,(H,15,16). The summed E-state index contributed by atoms with van der Waals surface area (Å²) in [6, 6.07) is 5.76. The van der Waals surface area contributed by atoms with Crippen molar-refractivity contribution in [2.75, 3.05) is 32.1 Å². The van der Waals surface area contributed by atoms with Crippen molar-refractivity contribution in [3.05, 3.63) is 29.3 Å². The molecule has 0 bridgehead atoms. The van der Waals surface area contributed by atoms with Gasteiger partial charge < -0.3 is 15.4 Å². The number of hydrogen-bond acceptors (Lipinski definition) is 3. The van der Waals surface area contributed by atoms with Crippen LogP contribution in [0.1, 0.15) is 22.8 Å². The molecule has 94 valence electrons. The molecule has 0 aliphatic carbocycles. The van der Waals surface area contributed by atoms with Crippen LogP contribution in [0.5, 0.6) is 0 Å². The van der Waals surface area contributed by atoms with Crippen molar-refractivity contribution in [1.82, 2.24) is 5.32 Å². The Morgan fingerprint density at radius 1 is 1.41 bits per heavy atom. The second-order valence-corrected chi connectivity index (χ2v) is 3.75. The van der Waals surface area contributed by atoms with E-state index < -0.39 is 0 Å². The van der Waals surface area contributed by atoms with E-state index in [2.05, 4.69) is 10.6 Å². The summed E-state index contributed by atoms with van der Waals surface area (Å²) in [4.78, 5) is 11.9. The number of nitrogens with one attached hydrogen (secondary N) is 2. The monoisotopic (exact) mass is 236 g/mol. The Kier molecular flexibility index (Phi) is 5.49. The van der Waals surface area contributed by atoms with E-state index in [1.54, 1.807) is 0 Å². The van der Waals surface area contributed by atoms with E-state index in [9.17, 15) is 4.79 Å². The van der Waals surface area contributed by atoms with E-state index in [-0.39, 0.29) is 5.91 Å². The maximum absolute atomic E-state index is 11.9. The largest absolute Gasteiger partial charge is 0.387 e.